The Bertz CT molecular complexity index is 1540. The summed E-state index contributed by atoms with van der Waals surface area (Å²) in [5.74, 6) is -1.01. The predicted molar refractivity (Wildman–Crippen MR) is 147 cm³/mol. The number of ether oxygens (including phenoxy) is 1. The van der Waals surface area contributed by atoms with Gasteiger partial charge < -0.3 is 9.64 Å². The molecule has 0 radical (unpaired) electrons. The molecule has 0 aliphatic carbocycles. The first-order valence-electron chi connectivity index (χ1n) is 10.7. The van der Waals surface area contributed by atoms with E-state index in [-0.39, 0.29) is 17.1 Å². The molecule has 1 aromatic heterocycles. The quantitative estimate of drug-likeness (QED) is 0.160. The van der Waals surface area contributed by atoms with Crippen LogP contribution in [0.4, 0.5) is 15.8 Å². The second-order valence-corrected chi connectivity index (χ2v) is 10.0. The van der Waals surface area contributed by atoms with Gasteiger partial charge in [-0.25, -0.2) is 4.98 Å². The first-order valence-corrected chi connectivity index (χ1v) is 12.3. The maximum atomic E-state index is 14.3. The minimum absolute atomic E-state index is 0.144. The summed E-state index contributed by atoms with van der Waals surface area (Å²) in [6, 6.07) is 18.7. The Balaban J connectivity index is 1.57. The number of hydrogen-bond donors (Lipinski definition) is 0. The molecule has 5 rings (SSSR count). The van der Waals surface area contributed by atoms with Gasteiger partial charge in [0.05, 0.1) is 16.8 Å². The fraction of sp³-hybridized carbons (Fsp3) is 0.0769. The highest BCUT2D eigenvalue weighted by Gasteiger charge is 2.33. The van der Waals surface area contributed by atoms with Gasteiger partial charge in [-0.3, -0.25) is 9.69 Å². The van der Waals surface area contributed by atoms with Crippen LogP contribution in [0.15, 0.2) is 71.8 Å². The van der Waals surface area contributed by atoms with Crippen molar-refractivity contribution in [2.45, 2.75) is 0 Å². The van der Waals surface area contributed by atoms with Crippen LogP contribution in [0.5, 0.6) is 11.6 Å². The molecule has 1 fully saturated rings. The molecular weight excluding hydrogens is 519 g/mol. The average Bonchev–Trinajstić information content (AvgIpc) is 3.15. The van der Waals surface area contributed by atoms with Gasteiger partial charge in [-0.15, -0.1) is 0 Å². The SMILES string of the molecule is CN(C)c1ccc(N2C(=O)/C(=C\c3c(Oc4nc(Cl)ncc4F)ccc4ccccc34)SC2=S)cc1. The number of carbonyl (C=O) groups excluding carboxylic acids is 1. The summed E-state index contributed by atoms with van der Waals surface area (Å²) in [6.07, 6.45) is 2.66. The molecule has 10 heteroatoms. The summed E-state index contributed by atoms with van der Waals surface area (Å²) in [7, 11) is 3.89. The molecule has 1 aliphatic rings. The number of carbonyl (C=O) groups is 1. The molecule has 1 amide bonds. The van der Waals surface area contributed by atoms with Crippen LogP contribution in [0.25, 0.3) is 16.8 Å². The van der Waals surface area contributed by atoms with E-state index < -0.39 is 5.82 Å². The van der Waals surface area contributed by atoms with E-state index in [1.165, 1.54) is 16.7 Å². The van der Waals surface area contributed by atoms with Crippen LogP contribution in [0.3, 0.4) is 0 Å². The molecule has 3 aromatic carbocycles. The second kappa shape index (κ2) is 9.85. The lowest BCUT2D eigenvalue weighted by Crippen LogP contribution is -2.27. The summed E-state index contributed by atoms with van der Waals surface area (Å²) in [4.78, 5) is 24.8. The van der Waals surface area contributed by atoms with Gasteiger partial charge in [-0.05, 0) is 58.8 Å². The van der Waals surface area contributed by atoms with Crippen molar-refractivity contribution in [3.63, 3.8) is 0 Å². The fourth-order valence-electron chi connectivity index (χ4n) is 3.74. The lowest BCUT2D eigenvalue weighted by atomic mass is 10.0. The second-order valence-electron chi connectivity index (χ2n) is 8.02. The molecule has 0 atom stereocenters. The highest BCUT2D eigenvalue weighted by atomic mass is 35.5. The van der Waals surface area contributed by atoms with E-state index in [1.807, 2.05) is 73.6 Å². The van der Waals surface area contributed by atoms with Crippen molar-refractivity contribution < 1.29 is 13.9 Å². The molecule has 36 heavy (non-hydrogen) atoms. The number of aromatic nitrogens is 2. The van der Waals surface area contributed by atoms with Crippen LogP contribution in [0.2, 0.25) is 5.28 Å². The minimum Gasteiger partial charge on any atom is -0.436 e. The number of halogens is 2. The van der Waals surface area contributed by atoms with Crippen LogP contribution < -0.4 is 14.5 Å². The molecule has 180 valence electrons. The van der Waals surface area contributed by atoms with E-state index in [0.29, 0.717) is 26.2 Å². The van der Waals surface area contributed by atoms with Gasteiger partial charge in [0, 0.05) is 25.3 Å². The maximum Gasteiger partial charge on any atom is 0.270 e. The van der Waals surface area contributed by atoms with Crippen LogP contribution in [0, 0.1) is 5.82 Å². The van der Waals surface area contributed by atoms with Crippen LogP contribution >= 0.6 is 35.6 Å². The normalized spacial score (nSPS) is 14.7. The van der Waals surface area contributed by atoms with Crippen molar-refractivity contribution in [1.29, 1.82) is 0 Å². The van der Waals surface area contributed by atoms with Crippen molar-refractivity contribution in [2.24, 2.45) is 0 Å². The molecule has 4 aromatic rings. The molecule has 0 unspecified atom stereocenters. The number of thioether (sulfide) groups is 1. The molecule has 6 nitrogen and oxygen atoms in total. The summed E-state index contributed by atoms with van der Waals surface area (Å²) < 4.78 is 20.6. The summed E-state index contributed by atoms with van der Waals surface area (Å²) in [5.41, 5.74) is 2.28. The standard InChI is InChI=1S/C26H18ClFN4O2S2/c1-31(2)16-8-10-17(11-9-16)32-24(33)22(36-26(32)35)13-19-18-6-4-3-5-15(18)7-12-21(19)34-23-20(28)14-29-25(27)30-23/h3-14H,1-2H3/b22-13+. The van der Waals surface area contributed by atoms with Crippen molar-refractivity contribution >= 4 is 74.0 Å². The zero-order chi connectivity index (χ0) is 25.4. The number of nitrogens with zero attached hydrogens (tertiary/aromatic N) is 4. The minimum atomic E-state index is -0.758. The average molecular weight is 537 g/mol. The fourth-order valence-corrected chi connectivity index (χ4v) is 5.15. The number of amides is 1. The monoisotopic (exact) mass is 536 g/mol. The lowest BCUT2D eigenvalue weighted by molar-refractivity contribution is -0.113. The van der Waals surface area contributed by atoms with Crippen LogP contribution in [-0.2, 0) is 4.79 Å². The van der Waals surface area contributed by atoms with E-state index in [1.54, 1.807) is 12.1 Å². The van der Waals surface area contributed by atoms with Gasteiger partial charge in [0.1, 0.15) is 5.75 Å². The van der Waals surface area contributed by atoms with Crippen molar-refractivity contribution in [3.8, 4) is 11.6 Å². The maximum absolute atomic E-state index is 14.3. The third kappa shape index (κ3) is 4.65. The third-order valence-corrected chi connectivity index (χ3v) is 7.00. The molecule has 1 saturated heterocycles. The van der Waals surface area contributed by atoms with Crippen molar-refractivity contribution in [1.82, 2.24) is 9.97 Å². The highest BCUT2D eigenvalue weighted by molar-refractivity contribution is 8.27. The number of thiocarbonyl (C=S) groups is 1. The number of anilines is 2. The summed E-state index contributed by atoms with van der Waals surface area (Å²) in [5, 5.41) is 1.60. The molecule has 0 bridgehead atoms. The number of hydrogen-bond acceptors (Lipinski definition) is 7. The Hall–Kier alpha value is -3.53. The van der Waals surface area contributed by atoms with E-state index in [2.05, 4.69) is 9.97 Å². The number of fused-ring (bicyclic) bond motifs is 1. The lowest BCUT2D eigenvalue weighted by Gasteiger charge is -2.17. The third-order valence-electron chi connectivity index (χ3n) is 5.51. The zero-order valence-electron chi connectivity index (χ0n) is 19.1. The van der Waals surface area contributed by atoms with Crippen molar-refractivity contribution in [3.05, 3.63) is 88.4 Å². The first kappa shape index (κ1) is 24.2. The predicted octanol–water partition coefficient (Wildman–Crippen LogP) is 6.69. The Morgan fingerprint density at radius 1 is 1.11 bits per heavy atom. The molecule has 0 spiro atoms. The topological polar surface area (TPSA) is 58.6 Å². The van der Waals surface area contributed by atoms with Crippen LogP contribution in [0.1, 0.15) is 5.56 Å². The summed E-state index contributed by atoms with van der Waals surface area (Å²) >= 11 is 12.6. The van der Waals surface area contributed by atoms with Gasteiger partial charge in [0.15, 0.2) is 4.32 Å². The molecule has 2 heterocycles. The zero-order valence-corrected chi connectivity index (χ0v) is 21.5. The number of rotatable bonds is 5. The van der Waals surface area contributed by atoms with Gasteiger partial charge in [0.2, 0.25) is 11.1 Å². The number of benzene rings is 3. The van der Waals surface area contributed by atoms with Crippen LogP contribution in [-0.4, -0.2) is 34.3 Å². The van der Waals surface area contributed by atoms with E-state index in [0.717, 1.165) is 22.7 Å². The molecular formula is C26H18ClFN4O2S2. The smallest absolute Gasteiger partial charge is 0.270 e. The summed E-state index contributed by atoms with van der Waals surface area (Å²) in [6.45, 7) is 0. The Labute approximate surface area is 221 Å². The molecule has 0 N–H and O–H groups in total. The highest BCUT2D eigenvalue weighted by Crippen LogP contribution is 2.40. The Morgan fingerprint density at radius 2 is 1.86 bits per heavy atom. The first-order chi connectivity index (χ1) is 17.3. The van der Waals surface area contributed by atoms with E-state index >= 15 is 0 Å². The van der Waals surface area contributed by atoms with Gasteiger partial charge in [-0.2, -0.15) is 9.37 Å². The largest absolute Gasteiger partial charge is 0.436 e. The Kier molecular flexibility index (Phi) is 6.61. The van der Waals surface area contributed by atoms with E-state index in [4.69, 9.17) is 28.6 Å². The van der Waals surface area contributed by atoms with Gasteiger partial charge in [-0.1, -0.05) is 54.3 Å². The van der Waals surface area contributed by atoms with E-state index in [9.17, 15) is 9.18 Å². The molecule has 0 saturated carbocycles. The van der Waals surface area contributed by atoms with Crippen molar-refractivity contribution in [2.75, 3.05) is 23.9 Å². The van der Waals surface area contributed by atoms with Gasteiger partial charge in [0.25, 0.3) is 11.8 Å². The van der Waals surface area contributed by atoms with Gasteiger partial charge >= 0.3 is 0 Å². The Morgan fingerprint density at radius 3 is 2.61 bits per heavy atom. The molecule has 1 aliphatic heterocycles.